The summed E-state index contributed by atoms with van der Waals surface area (Å²) in [6, 6.07) is 10.7. The van der Waals surface area contributed by atoms with Gasteiger partial charge >= 0.3 is 0 Å². The molecule has 1 aromatic carbocycles. The third kappa shape index (κ3) is 3.50. The number of thioether (sulfide) groups is 1. The van der Waals surface area contributed by atoms with Gasteiger partial charge in [-0.25, -0.2) is 0 Å². The fraction of sp³-hybridized carbons (Fsp3) is 0.533. The van der Waals surface area contributed by atoms with Crippen LogP contribution in [0.25, 0.3) is 0 Å². The molecule has 0 amide bonds. The lowest BCUT2D eigenvalue weighted by Crippen LogP contribution is -2.47. The third-order valence-electron chi connectivity index (χ3n) is 3.77. The molecule has 1 unspecified atom stereocenters. The van der Waals surface area contributed by atoms with E-state index in [0.717, 1.165) is 38.3 Å². The van der Waals surface area contributed by atoms with E-state index in [0.29, 0.717) is 0 Å². The third-order valence-corrected chi connectivity index (χ3v) is 4.52. The van der Waals surface area contributed by atoms with Gasteiger partial charge in [0, 0.05) is 31.1 Å². The normalized spacial score (nSPS) is 19.0. The van der Waals surface area contributed by atoms with Gasteiger partial charge in [-0.2, -0.15) is 5.26 Å². The van der Waals surface area contributed by atoms with Gasteiger partial charge in [0.05, 0.1) is 6.07 Å². The molecule has 1 heterocycles. The van der Waals surface area contributed by atoms with E-state index >= 15 is 0 Å². The monoisotopic (exact) mass is 275 g/mol. The highest BCUT2D eigenvalue weighted by Gasteiger charge is 2.24. The highest BCUT2D eigenvalue weighted by atomic mass is 32.2. The summed E-state index contributed by atoms with van der Waals surface area (Å²) in [4.78, 5) is 5.97. The van der Waals surface area contributed by atoms with Gasteiger partial charge in [-0.1, -0.05) is 19.1 Å². The van der Waals surface area contributed by atoms with Crippen molar-refractivity contribution in [2.75, 3.05) is 39.0 Å². The van der Waals surface area contributed by atoms with Crippen molar-refractivity contribution in [1.29, 1.82) is 5.26 Å². The summed E-state index contributed by atoms with van der Waals surface area (Å²) in [5, 5.41) is 9.47. The second-order valence-corrected chi connectivity index (χ2v) is 5.65. The van der Waals surface area contributed by atoms with Crippen LogP contribution < -0.4 is 0 Å². The fourth-order valence-corrected chi connectivity index (χ4v) is 2.90. The van der Waals surface area contributed by atoms with Crippen molar-refractivity contribution in [3.8, 4) is 6.07 Å². The number of benzene rings is 1. The summed E-state index contributed by atoms with van der Waals surface area (Å²) < 4.78 is 0. The molecule has 1 atom stereocenters. The van der Waals surface area contributed by atoms with Crippen LogP contribution in [0.1, 0.15) is 18.5 Å². The lowest BCUT2D eigenvalue weighted by Gasteiger charge is -2.36. The molecule has 1 fully saturated rings. The van der Waals surface area contributed by atoms with Crippen LogP contribution in [-0.2, 0) is 0 Å². The summed E-state index contributed by atoms with van der Waals surface area (Å²) >= 11 is 1.73. The van der Waals surface area contributed by atoms with Gasteiger partial charge in [-0.15, -0.1) is 11.8 Å². The molecule has 0 radical (unpaired) electrons. The van der Waals surface area contributed by atoms with Crippen molar-refractivity contribution in [2.24, 2.45) is 0 Å². The topological polar surface area (TPSA) is 30.3 Å². The molecule has 0 bridgehead atoms. The van der Waals surface area contributed by atoms with E-state index in [1.165, 1.54) is 4.90 Å². The van der Waals surface area contributed by atoms with E-state index in [9.17, 15) is 5.26 Å². The highest BCUT2D eigenvalue weighted by Crippen LogP contribution is 2.24. The Kier molecular flexibility index (Phi) is 5.26. The van der Waals surface area contributed by atoms with Crippen LogP contribution in [0, 0.1) is 11.3 Å². The lowest BCUT2D eigenvalue weighted by molar-refractivity contribution is 0.118. The Balaban J connectivity index is 2.05. The first-order valence-electron chi connectivity index (χ1n) is 6.78. The van der Waals surface area contributed by atoms with Crippen molar-refractivity contribution < 1.29 is 0 Å². The molecule has 0 aromatic heterocycles. The maximum absolute atomic E-state index is 9.47. The number of nitrogens with zero attached hydrogens (tertiary/aromatic N) is 3. The van der Waals surface area contributed by atoms with Crippen LogP contribution in [0.2, 0.25) is 0 Å². The average Bonchev–Trinajstić information content (AvgIpc) is 2.49. The predicted molar refractivity (Wildman–Crippen MR) is 80.3 cm³/mol. The molecule has 0 aliphatic carbocycles. The zero-order chi connectivity index (χ0) is 13.7. The minimum absolute atomic E-state index is 0.102. The second kappa shape index (κ2) is 6.95. The summed E-state index contributed by atoms with van der Waals surface area (Å²) in [6.45, 7) is 7.40. The Morgan fingerprint density at radius 2 is 1.84 bits per heavy atom. The van der Waals surface area contributed by atoms with Gasteiger partial charge in [0.1, 0.15) is 6.04 Å². The van der Waals surface area contributed by atoms with Gasteiger partial charge in [0.2, 0.25) is 0 Å². The smallest absolute Gasteiger partial charge is 0.123 e. The lowest BCUT2D eigenvalue weighted by atomic mass is 10.1. The van der Waals surface area contributed by atoms with E-state index in [1.54, 1.807) is 11.8 Å². The van der Waals surface area contributed by atoms with Crippen molar-refractivity contribution in [1.82, 2.24) is 9.80 Å². The number of piperazine rings is 1. The Morgan fingerprint density at radius 1 is 1.21 bits per heavy atom. The second-order valence-electron chi connectivity index (χ2n) is 4.78. The molecule has 1 saturated heterocycles. The van der Waals surface area contributed by atoms with Crippen LogP contribution in [0.15, 0.2) is 29.2 Å². The number of rotatable bonds is 4. The molecule has 3 nitrogen and oxygen atoms in total. The summed E-state index contributed by atoms with van der Waals surface area (Å²) in [5.41, 5.74) is 1.12. The standard InChI is InChI=1S/C15H21N3S/c1-3-17-8-10-18(11-9-17)15(12-16)13-4-6-14(19-2)7-5-13/h4-7,15H,3,8-11H2,1-2H3. The van der Waals surface area contributed by atoms with Crippen molar-refractivity contribution in [3.63, 3.8) is 0 Å². The Labute approximate surface area is 120 Å². The molecule has 1 aromatic rings. The van der Waals surface area contributed by atoms with Crippen molar-refractivity contribution in [3.05, 3.63) is 29.8 Å². The maximum atomic E-state index is 9.47. The largest absolute Gasteiger partial charge is 0.301 e. The summed E-state index contributed by atoms with van der Waals surface area (Å²) in [5.74, 6) is 0. The molecule has 2 rings (SSSR count). The summed E-state index contributed by atoms with van der Waals surface area (Å²) in [6.07, 6.45) is 2.07. The molecule has 4 heteroatoms. The zero-order valence-corrected chi connectivity index (χ0v) is 12.5. The molecule has 102 valence electrons. The predicted octanol–water partition coefficient (Wildman–Crippen LogP) is 2.61. The number of likely N-dealkylation sites (N-methyl/N-ethyl adjacent to an activating group) is 1. The van der Waals surface area contributed by atoms with Gasteiger partial charge in [0.15, 0.2) is 0 Å². The molecule has 0 spiro atoms. The Bertz CT molecular complexity index is 430. The van der Waals surface area contributed by atoms with Crippen LogP contribution in [0.4, 0.5) is 0 Å². The van der Waals surface area contributed by atoms with Gasteiger partial charge in [-0.05, 0) is 30.5 Å². The van der Waals surface area contributed by atoms with Crippen LogP contribution in [0.5, 0.6) is 0 Å². The van der Waals surface area contributed by atoms with E-state index < -0.39 is 0 Å². The number of nitriles is 1. The van der Waals surface area contributed by atoms with Gasteiger partial charge < -0.3 is 4.90 Å². The number of hydrogen-bond donors (Lipinski definition) is 0. The highest BCUT2D eigenvalue weighted by molar-refractivity contribution is 7.98. The zero-order valence-electron chi connectivity index (χ0n) is 11.7. The first-order chi connectivity index (χ1) is 9.28. The molecule has 1 aliphatic heterocycles. The fourth-order valence-electron chi connectivity index (χ4n) is 2.49. The average molecular weight is 275 g/mol. The van der Waals surface area contributed by atoms with Crippen LogP contribution in [0.3, 0.4) is 0 Å². The molecule has 1 aliphatic rings. The molecular weight excluding hydrogens is 254 g/mol. The van der Waals surface area contributed by atoms with E-state index in [2.05, 4.69) is 53.3 Å². The molecule has 19 heavy (non-hydrogen) atoms. The number of hydrogen-bond acceptors (Lipinski definition) is 4. The maximum Gasteiger partial charge on any atom is 0.123 e. The first-order valence-corrected chi connectivity index (χ1v) is 8.01. The summed E-state index contributed by atoms with van der Waals surface area (Å²) in [7, 11) is 0. The molecular formula is C15H21N3S. The SMILES string of the molecule is CCN1CCN(C(C#N)c2ccc(SC)cc2)CC1. The first kappa shape index (κ1) is 14.4. The van der Waals surface area contributed by atoms with Gasteiger partial charge in [0.25, 0.3) is 0 Å². The Hall–Kier alpha value is -1.02. The Morgan fingerprint density at radius 3 is 2.32 bits per heavy atom. The van der Waals surface area contributed by atoms with E-state index in [1.807, 2.05) is 0 Å². The van der Waals surface area contributed by atoms with E-state index in [-0.39, 0.29) is 6.04 Å². The van der Waals surface area contributed by atoms with Crippen molar-refractivity contribution >= 4 is 11.8 Å². The van der Waals surface area contributed by atoms with Crippen molar-refractivity contribution in [2.45, 2.75) is 17.9 Å². The van der Waals surface area contributed by atoms with E-state index in [4.69, 9.17) is 0 Å². The molecule has 0 N–H and O–H groups in total. The van der Waals surface area contributed by atoms with Gasteiger partial charge in [-0.3, -0.25) is 4.90 Å². The van der Waals surface area contributed by atoms with Crippen LogP contribution in [-0.4, -0.2) is 48.8 Å². The quantitative estimate of drug-likeness (QED) is 0.790. The molecule has 0 saturated carbocycles. The van der Waals surface area contributed by atoms with Crippen LogP contribution >= 0.6 is 11.8 Å². The minimum atomic E-state index is -0.102. The minimum Gasteiger partial charge on any atom is -0.301 e.